The van der Waals surface area contributed by atoms with E-state index in [0.717, 1.165) is 17.9 Å². The molecule has 1 aliphatic rings. The van der Waals surface area contributed by atoms with Crippen LogP contribution in [0.25, 0.3) is 0 Å². The maximum Gasteiger partial charge on any atom is 0.141 e. The molecule has 0 amide bonds. The zero-order chi connectivity index (χ0) is 9.26. The lowest BCUT2D eigenvalue weighted by molar-refractivity contribution is 0.578. The summed E-state index contributed by atoms with van der Waals surface area (Å²) in [4.78, 5) is 3.78. The summed E-state index contributed by atoms with van der Waals surface area (Å²) in [5.74, 6) is 0.460. The number of hydrogen-bond donors (Lipinski definition) is 1. The van der Waals surface area contributed by atoms with Crippen molar-refractivity contribution >= 4 is 24.8 Å². The van der Waals surface area contributed by atoms with Crippen molar-refractivity contribution in [1.29, 1.82) is 0 Å². The second-order valence-electron chi connectivity index (χ2n) is 3.72. The number of pyridine rings is 1. The van der Waals surface area contributed by atoms with E-state index in [1.807, 2.05) is 0 Å². The van der Waals surface area contributed by atoms with Crippen LogP contribution in [0.3, 0.4) is 0 Å². The summed E-state index contributed by atoms with van der Waals surface area (Å²) in [6.07, 6.45) is 6.36. The van der Waals surface area contributed by atoms with Crippen molar-refractivity contribution < 1.29 is 4.39 Å². The van der Waals surface area contributed by atoms with E-state index in [0.29, 0.717) is 0 Å². The first-order valence-corrected chi connectivity index (χ1v) is 4.62. The SMILES string of the molecule is Cl.Cl.NC(CC1CC1)c1cncc(F)c1. The lowest BCUT2D eigenvalue weighted by Crippen LogP contribution is -2.11. The molecule has 2 nitrogen and oxygen atoms in total. The second kappa shape index (κ2) is 6.26. The van der Waals surface area contributed by atoms with E-state index in [4.69, 9.17) is 5.73 Å². The van der Waals surface area contributed by atoms with Gasteiger partial charge in [-0.3, -0.25) is 4.98 Å². The van der Waals surface area contributed by atoms with E-state index >= 15 is 0 Å². The van der Waals surface area contributed by atoms with Crippen molar-refractivity contribution in [1.82, 2.24) is 4.98 Å². The van der Waals surface area contributed by atoms with Crippen LogP contribution in [0.5, 0.6) is 0 Å². The molecule has 0 radical (unpaired) electrons. The van der Waals surface area contributed by atoms with E-state index < -0.39 is 0 Å². The van der Waals surface area contributed by atoms with Gasteiger partial charge in [-0.1, -0.05) is 12.8 Å². The highest BCUT2D eigenvalue weighted by molar-refractivity contribution is 5.85. The molecule has 2 rings (SSSR count). The number of nitrogens with zero attached hydrogens (tertiary/aromatic N) is 1. The second-order valence-corrected chi connectivity index (χ2v) is 3.72. The first kappa shape index (κ1) is 14.6. The van der Waals surface area contributed by atoms with Gasteiger partial charge in [0, 0.05) is 12.2 Å². The molecular formula is C10H15Cl2FN2. The molecule has 0 spiro atoms. The summed E-state index contributed by atoms with van der Waals surface area (Å²) in [5, 5.41) is 0. The third-order valence-corrected chi connectivity index (χ3v) is 2.44. The number of rotatable bonds is 3. The molecule has 86 valence electrons. The molecule has 1 fully saturated rings. The van der Waals surface area contributed by atoms with Crippen molar-refractivity contribution in [3.8, 4) is 0 Å². The molecule has 5 heteroatoms. The molecule has 2 N–H and O–H groups in total. The van der Waals surface area contributed by atoms with Crippen LogP contribution in [-0.4, -0.2) is 4.98 Å². The lowest BCUT2D eigenvalue weighted by Gasteiger charge is -2.10. The quantitative estimate of drug-likeness (QED) is 0.899. The first-order valence-electron chi connectivity index (χ1n) is 4.62. The lowest BCUT2D eigenvalue weighted by atomic mass is 10.0. The predicted molar refractivity (Wildman–Crippen MR) is 63.0 cm³/mol. The van der Waals surface area contributed by atoms with Gasteiger partial charge >= 0.3 is 0 Å². The van der Waals surface area contributed by atoms with Crippen molar-refractivity contribution in [3.05, 3.63) is 29.8 Å². The minimum Gasteiger partial charge on any atom is -0.324 e. The average molecular weight is 253 g/mol. The Morgan fingerprint density at radius 1 is 1.40 bits per heavy atom. The van der Waals surface area contributed by atoms with E-state index in [1.165, 1.54) is 25.1 Å². The summed E-state index contributed by atoms with van der Waals surface area (Å²) in [6, 6.07) is 1.43. The minimum atomic E-state index is -0.302. The molecule has 15 heavy (non-hydrogen) atoms. The zero-order valence-electron chi connectivity index (χ0n) is 8.23. The Kier molecular flexibility index (Phi) is 6.10. The highest BCUT2D eigenvalue weighted by Gasteiger charge is 2.24. The van der Waals surface area contributed by atoms with Crippen LogP contribution in [0.2, 0.25) is 0 Å². The van der Waals surface area contributed by atoms with Crippen molar-refractivity contribution in [3.63, 3.8) is 0 Å². The Morgan fingerprint density at radius 3 is 2.60 bits per heavy atom. The van der Waals surface area contributed by atoms with Crippen LogP contribution in [0, 0.1) is 11.7 Å². The standard InChI is InChI=1S/C10H13FN2.2ClH/c11-9-4-8(5-13-6-9)10(12)3-7-1-2-7;;/h4-7,10H,1-3,12H2;2*1H. The molecule has 1 aromatic heterocycles. The Bertz CT molecular complexity index is 305. The maximum absolute atomic E-state index is 12.8. The Morgan fingerprint density at radius 2 is 2.07 bits per heavy atom. The molecule has 0 saturated heterocycles. The van der Waals surface area contributed by atoms with E-state index in [1.54, 1.807) is 6.20 Å². The fourth-order valence-corrected chi connectivity index (χ4v) is 1.48. The van der Waals surface area contributed by atoms with Gasteiger partial charge in [0.05, 0.1) is 6.20 Å². The Labute approximate surface area is 101 Å². The van der Waals surface area contributed by atoms with Crippen LogP contribution in [-0.2, 0) is 0 Å². The van der Waals surface area contributed by atoms with Gasteiger partial charge in [0.2, 0.25) is 0 Å². The van der Waals surface area contributed by atoms with Gasteiger partial charge in [0.25, 0.3) is 0 Å². The van der Waals surface area contributed by atoms with Crippen LogP contribution < -0.4 is 5.73 Å². The Hall–Kier alpha value is -0.380. The number of halogens is 3. The largest absolute Gasteiger partial charge is 0.324 e. The van der Waals surface area contributed by atoms with Crippen molar-refractivity contribution in [2.75, 3.05) is 0 Å². The van der Waals surface area contributed by atoms with Crippen LogP contribution in [0.1, 0.15) is 30.9 Å². The van der Waals surface area contributed by atoms with Gasteiger partial charge in [0.15, 0.2) is 0 Å². The molecule has 1 aliphatic carbocycles. The van der Waals surface area contributed by atoms with Gasteiger partial charge in [0.1, 0.15) is 5.82 Å². The number of nitrogens with two attached hydrogens (primary N) is 1. The molecule has 1 atom stereocenters. The average Bonchev–Trinajstić information content (AvgIpc) is 2.88. The van der Waals surface area contributed by atoms with E-state index in [9.17, 15) is 4.39 Å². The molecule has 1 aromatic rings. The maximum atomic E-state index is 12.8. The van der Waals surface area contributed by atoms with E-state index in [-0.39, 0.29) is 36.7 Å². The fourth-order valence-electron chi connectivity index (χ4n) is 1.48. The summed E-state index contributed by atoms with van der Waals surface area (Å²) in [6.45, 7) is 0. The topological polar surface area (TPSA) is 38.9 Å². The fraction of sp³-hybridized carbons (Fsp3) is 0.500. The van der Waals surface area contributed by atoms with Gasteiger partial charge in [-0.25, -0.2) is 4.39 Å². The monoisotopic (exact) mass is 252 g/mol. The molecule has 1 heterocycles. The highest BCUT2D eigenvalue weighted by atomic mass is 35.5. The summed E-state index contributed by atoms with van der Waals surface area (Å²) in [5.41, 5.74) is 6.71. The normalized spacial score (nSPS) is 16.1. The molecule has 0 aromatic carbocycles. The smallest absolute Gasteiger partial charge is 0.141 e. The van der Waals surface area contributed by atoms with Crippen LogP contribution >= 0.6 is 24.8 Å². The predicted octanol–water partition coefficient (Wildman–Crippen LogP) is 2.86. The van der Waals surface area contributed by atoms with Crippen molar-refractivity contribution in [2.45, 2.75) is 25.3 Å². The zero-order valence-corrected chi connectivity index (χ0v) is 9.86. The molecular weight excluding hydrogens is 238 g/mol. The van der Waals surface area contributed by atoms with Gasteiger partial charge < -0.3 is 5.73 Å². The van der Waals surface area contributed by atoms with Gasteiger partial charge in [-0.15, -0.1) is 24.8 Å². The summed E-state index contributed by atoms with van der Waals surface area (Å²) >= 11 is 0. The summed E-state index contributed by atoms with van der Waals surface area (Å²) in [7, 11) is 0. The molecule has 0 bridgehead atoms. The van der Waals surface area contributed by atoms with Crippen LogP contribution in [0.15, 0.2) is 18.5 Å². The molecule has 1 unspecified atom stereocenters. The van der Waals surface area contributed by atoms with E-state index in [2.05, 4.69) is 4.98 Å². The number of hydrogen-bond acceptors (Lipinski definition) is 2. The highest BCUT2D eigenvalue weighted by Crippen LogP contribution is 2.36. The summed E-state index contributed by atoms with van der Waals surface area (Å²) < 4.78 is 12.8. The van der Waals surface area contributed by atoms with Gasteiger partial charge in [-0.05, 0) is 24.0 Å². The minimum absolute atomic E-state index is 0. The molecule has 0 aliphatic heterocycles. The first-order chi connectivity index (χ1) is 6.25. The third kappa shape index (κ3) is 4.33. The Balaban J connectivity index is 0.000000980. The molecule has 1 saturated carbocycles. The van der Waals surface area contributed by atoms with Crippen LogP contribution in [0.4, 0.5) is 4.39 Å². The third-order valence-electron chi connectivity index (χ3n) is 2.44. The number of aromatic nitrogens is 1. The van der Waals surface area contributed by atoms with Crippen molar-refractivity contribution in [2.24, 2.45) is 11.7 Å². The van der Waals surface area contributed by atoms with Gasteiger partial charge in [-0.2, -0.15) is 0 Å².